The Hall–Kier alpha value is -3.15. The molecule has 6 heteroatoms. The lowest BCUT2D eigenvalue weighted by Gasteiger charge is -2.03. The summed E-state index contributed by atoms with van der Waals surface area (Å²) in [6, 6.07) is 16.7. The average Bonchev–Trinajstić information content (AvgIpc) is 3.10. The van der Waals surface area contributed by atoms with E-state index in [0.29, 0.717) is 18.1 Å². The predicted molar refractivity (Wildman–Crippen MR) is 89.7 cm³/mol. The molecule has 1 aromatic heterocycles. The second-order valence-electron chi connectivity index (χ2n) is 5.16. The van der Waals surface area contributed by atoms with Crippen molar-refractivity contribution in [1.82, 2.24) is 10.1 Å². The van der Waals surface area contributed by atoms with Crippen molar-refractivity contribution < 1.29 is 14.1 Å². The fraction of sp³-hybridized carbons (Fsp3) is 0.167. The normalized spacial score (nSPS) is 10.4. The van der Waals surface area contributed by atoms with Gasteiger partial charge in [0.1, 0.15) is 5.75 Å². The molecule has 0 atom stereocenters. The lowest BCUT2D eigenvalue weighted by molar-refractivity contribution is -0.116. The lowest BCUT2D eigenvalue weighted by atomic mass is 10.2. The third kappa shape index (κ3) is 3.98. The molecule has 0 unspecified atom stereocenters. The average molecular weight is 323 g/mol. The van der Waals surface area contributed by atoms with Crippen molar-refractivity contribution >= 4 is 11.6 Å². The van der Waals surface area contributed by atoms with Gasteiger partial charge < -0.3 is 14.6 Å². The number of methoxy groups -OCH3 is 1. The van der Waals surface area contributed by atoms with Crippen molar-refractivity contribution in [1.29, 1.82) is 0 Å². The molecule has 1 N–H and O–H groups in total. The zero-order valence-electron chi connectivity index (χ0n) is 13.2. The number of hydrogen-bond acceptors (Lipinski definition) is 5. The molecule has 0 radical (unpaired) electrons. The third-order valence-electron chi connectivity index (χ3n) is 3.42. The second-order valence-corrected chi connectivity index (χ2v) is 5.16. The van der Waals surface area contributed by atoms with Gasteiger partial charge in [0.2, 0.25) is 17.6 Å². The number of rotatable bonds is 6. The number of carbonyl (C=O) groups is 1. The highest BCUT2D eigenvalue weighted by Crippen LogP contribution is 2.21. The first kappa shape index (κ1) is 15.7. The van der Waals surface area contributed by atoms with Gasteiger partial charge in [0.15, 0.2) is 0 Å². The minimum Gasteiger partial charge on any atom is -0.497 e. The lowest BCUT2D eigenvalue weighted by Crippen LogP contribution is -2.12. The molecule has 0 aliphatic rings. The number of amides is 1. The Morgan fingerprint density at radius 3 is 2.79 bits per heavy atom. The molecule has 0 fully saturated rings. The minimum absolute atomic E-state index is 0.0951. The van der Waals surface area contributed by atoms with Crippen molar-refractivity contribution in [2.45, 2.75) is 12.8 Å². The zero-order valence-corrected chi connectivity index (χ0v) is 13.2. The molecule has 0 saturated heterocycles. The van der Waals surface area contributed by atoms with Crippen LogP contribution in [-0.4, -0.2) is 23.2 Å². The first-order valence-electron chi connectivity index (χ1n) is 7.56. The Bertz CT molecular complexity index is 815. The number of anilines is 1. The van der Waals surface area contributed by atoms with E-state index in [1.807, 2.05) is 54.6 Å². The van der Waals surface area contributed by atoms with E-state index < -0.39 is 0 Å². The van der Waals surface area contributed by atoms with Crippen LogP contribution >= 0.6 is 0 Å². The number of para-hydroxylation sites is 1. The van der Waals surface area contributed by atoms with Gasteiger partial charge in [-0.15, -0.1) is 0 Å². The van der Waals surface area contributed by atoms with Crippen LogP contribution in [0.1, 0.15) is 12.3 Å². The molecule has 0 bridgehead atoms. The Morgan fingerprint density at radius 1 is 1.17 bits per heavy atom. The van der Waals surface area contributed by atoms with E-state index in [1.165, 1.54) is 0 Å². The second kappa shape index (κ2) is 7.41. The SMILES string of the molecule is COc1cccc(-c2noc(CCC(=O)Nc3ccccc3)n2)c1. The molecule has 3 rings (SSSR count). The summed E-state index contributed by atoms with van der Waals surface area (Å²) in [5, 5.41) is 6.77. The summed E-state index contributed by atoms with van der Waals surface area (Å²) in [4.78, 5) is 16.3. The largest absolute Gasteiger partial charge is 0.497 e. The first-order chi connectivity index (χ1) is 11.7. The molecule has 3 aromatic rings. The van der Waals surface area contributed by atoms with Crippen LogP contribution in [-0.2, 0) is 11.2 Å². The van der Waals surface area contributed by atoms with Gasteiger partial charge in [-0.1, -0.05) is 35.5 Å². The number of benzene rings is 2. The number of hydrogen-bond donors (Lipinski definition) is 1. The van der Waals surface area contributed by atoms with Crippen molar-refractivity contribution in [3.63, 3.8) is 0 Å². The van der Waals surface area contributed by atoms with Crippen molar-refractivity contribution in [3.05, 3.63) is 60.5 Å². The highest BCUT2D eigenvalue weighted by molar-refractivity contribution is 5.90. The number of ether oxygens (including phenoxy) is 1. The van der Waals surface area contributed by atoms with Gasteiger partial charge in [-0.3, -0.25) is 4.79 Å². The number of aromatic nitrogens is 2. The number of aryl methyl sites for hydroxylation is 1. The fourth-order valence-electron chi connectivity index (χ4n) is 2.20. The molecule has 6 nitrogen and oxygen atoms in total. The quantitative estimate of drug-likeness (QED) is 0.753. The van der Waals surface area contributed by atoms with Crippen LogP contribution < -0.4 is 10.1 Å². The van der Waals surface area contributed by atoms with Crippen LogP contribution in [0.3, 0.4) is 0 Å². The molecular weight excluding hydrogens is 306 g/mol. The van der Waals surface area contributed by atoms with Crippen molar-refractivity contribution in [3.8, 4) is 17.1 Å². The van der Waals surface area contributed by atoms with Gasteiger partial charge >= 0.3 is 0 Å². The Morgan fingerprint density at radius 2 is 2.00 bits per heavy atom. The van der Waals surface area contributed by atoms with Crippen LogP contribution in [0.2, 0.25) is 0 Å². The number of nitrogens with zero attached hydrogens (tertiary/aromatic N) is 2. The fourth-order valence-corrected chi connectivity index (χ4v) is 2.20. The number of nitrogens with one attached hydrogen (secondary N) is 1. The highest BCUT2D eigenvalue weighted by Gasteiger charge is 2.11. The Kier molecular flexibility index (Phi) is 4.86. The number of carbonyl (C=O) groups excluding carboxylic acids is 1. The molecule has 0 saturated carbocycles. The van der Waals surface area contributed by atoms with Gasteiger partial charge in [-0.2, -0.15) is 4.98 Å². The van der Waals surface area contributed by atoms with E-state index in [9.17, 15) is 4.79 Å². The molecular formula is C18H17N3O3. The maximum Gasteiger partial charge on any atom is 0.227 e. The van der Waals surface area contributed by atoms with Gasteiger partial charge in [0.25, 0.3) is 0 Å². The first-order valence-corrected chi connectivity index (χ1v) is 7.56. The highest BCUT2D eigenvalue weighted by atomic mass is 16.5. The van der Waals surface area contributed by atoms with Gasteiger partial charge in [0, 0.05) is 24.1 Å². The van der Waals surface area contributed by atoms with E-state index in [0.717, 1.165) is 17.0 Å². The van der Waals surface area contributed by atoms with Crippen LogP contribution in [0.25, 0.3) is 11.4 Å². The predicted octanol–water partition coefficient (Wildman–Crippen LogP) is 3.32. The molecule has 24 heavy (non-hydrogen) atoms. The van der Waals surface area contributed by atoms with E-state index >= 15 is 0 Å². The van der Waals surface area contributed by atoms with Crippen LogP contribution in [0.15, 0.2) is 59.1 Å². The topological polar surface area (TPSA) is 77.2 Å². The monoisotopic (exact) mass is 323 g/mol. The maximum atomic E-state index is 11.9. The summed E-state index contributed by atoms with van der Waals surface area (Å²) in [5.74, 6) is 1.53. The smallest absolute Gasteiger partial charge is 0.227 e. The van der Waals surface area contributed by atoms with Crippen LogP contribution in [0.5, 0.6) is 5.75 Å². The molecule has 2 aromatic carbocycles. The Balaban J connectivity index is 1.59. The summed E-state index contributed by atoms with van der Waals surface area (Å²) in [5.41, 5.74) is 1.57. The summed E-state index contributed by atoms with van der Waals surface area (Å²) in [6.07, 6.45) is 0.657. The van der Waals surface area contributed by atoms with Crippen LogP contribution in [0.4, 0.5) is 5.69 Å². The summed E-state index contributed by atoms with van der Waals surface area (Å²) >= 11 is 0. The molecule has 0 spiro atoms. The minimum atomic E-state index is -0.0951. The molecule has 1 amide bonds. The van der Waals surface area contributed by atoms with Crippen LogP contribution in [0, 0.1) is 0 Å². The third-order valence-corrected chi connectivity index (χ3v) is 3.42. The van der Waals surface area contributed by atoms with E-state index in [4.69, 9.17) is 9.26 Å². The maximum absolute atomic E-state index is 11.9. The molecule has 122 valence electrons. The van der Waals surface area contributed by atoms with E-state index in [-0.39, 0.29) is 12.3 Å². The summed E-state index contributed by atoms with van der Waals surface area (Å²) in [6.45, 7) is 0. The van der Waals surface area contributed by atoms with Crippen molar-refractivity contribution in [2.24, 2.45) is 0 Å². The molecule has 0 aliphatic heterocycles. The molecule has 0 aliphatic carbocycles. The Labute approximate surface area is 139 Å². The molecule has 1 heterocycles. The van der Waals surface area contributed by atoms with Crippen molar-refractivity contribution in [2.75, 3.05) is 12.4 Å². The van der Waals surface area contributed by atoms with Gasteiger partial charge in [0.05, 0.1) is 7.11 Å². The standard InChI is InChI=1S/C18H17N3O3/c1-23-15-9-5-6-13(12-15)18-20-17(24-21-18)11-10-16(22)19-14-7-3-2-4-8-14/h2-9,12H,10-11H2,1H3,(H,19,22). The van der Waals surface area contributed by atoms with Gasteiger partial charge in [-0.25, -0.2) is 0 Å². The van der Waals surface area contributed by atoms with Gasteiger partial charge in [-0.05, 0) is 24.3 Å². The van der Waals surface area contributed by atoms with E-state index in [1.54, 1.807) is 7.11 Å². The van der Waals surface area contributed by atoms with E-state index in [2.05, 4.69) is 15.5 Å². The summed E-state index contributed by atoms with van der Waals surface area (Å²) in [7, 11) is 1.60. The summed E-state index contributed by atoms with van der Waals surface area (Å²) < 4.78 is 10.4. The zero-order chi connectivity index (χ0) is 16.8.